The van der Waals surface area contributed by atoms with Crippen molar-refractivity contribution in [2.45, 2.75) is 137 Å². The van der Waals surface area contributed by atoms with Crippen molar-refractivity contribution in [3.05, 3.63) is 88.7 Å². The van der Waals surface area contributed by atoms with E-state index >= 15 is 0 Å². The van der Waals surface area contributed by atoms with E-state index in [9.17, 15) is 4.79 Å². The normalized spacial score (nSPS) is 11.5. The molecule has 4 heteroatoms. The first-order chi connectivity index (χ1) is 21.2. The number of anilines is 1. The first-order valence-electron chi connectivity index (χ1n) is 17.3. The Hall–Kier alpha value is -3.14. The molecule has 44 heavy (non-hydrogen) atoms. The molecule has 1 amide bonds. The Morgan fingerprint density at radius 3 is 1.98 bits per heavy atom. The quantitative estimate of drug-likeness (QED) is 0.110. The number of carbonyl (C=O) groups is 1. The molecule has 0 saturated carbocycles. The molecular formula is C40H59N2O2+. The standard InChI is InChI=1S/C40H58N2O2/c1-7-8-9-10-11-12-13-14-15-16-17-20-25-44-38-24-23-34(27-36(38)40(4,5)6)28-39(43)41-37-22-19-18-21-35(37)31-42-29-32(2)26-33(3)30-42/h18-19,21-24,26-27,29-30H,7-17,20,25,28,31H2,1-6H3/p+1. The summed E-state index contributed by atoms with van der Waals surface area (Å²) in [5.74, 6) is 0.938. The van der Waals surface area contributed by atoms with Crippen LogP contribution in [0.1, 0.15) is 133 Å². The summed E-state index contributed by atoms with van der Waals surface area (Å²) in [6, 6.07) is 16.5. The number of nitrogens with one attached hydrogen (secondary N) is 1. The molecule has 3 aromatic rings. The minimum Gasteiger partial charge on any atom is -0.493 e. The lowest BCUT2D eigenvalue weighted by Gasteiger charge is -2.24. The average molecular weight is 600 g/mol. The van der Waals surface area contributed by atoms with E-state index in [0.29, 0.717) is 13.0 Å². The number of pyridine rings is 1. The third-order valence-corrected chi connectivity index (χ3v) is 8.31. The second kappa shape index (κ2) is 18.6. The van der Waals surface area contributed by atoms with Crippen molar-refractivity contribution < 1.29 is 14.1 Å². The lowest BCUT2D eigenvalue weighted by atomic mass is 9.85. The SMILES string of the molecule is CCCCCCCCCCCCCCOc1ccc(CC(=O)Nc2ccccc2C[n+]2cc(C)cc(C)c2)cc1C(C)(C)C. The maximum atomic E-state index is 13.2. The number of para-hydroxylation sites is 1. The summed E-state index contributed by atoms with van der Waals surface area (Å²) in [4.78, 5) is 13.2. The predicted molar refractivity (Wildman–Crippen MR) is 186 cm³/mol. The van der Waals surface area contributed by atoms with Crippen molar-refractivity contribution in [3.63, 3.8) is 0 Å². The summed E-state index contributed by atoms with van der Waals surface area (Å²) in [5, 5.41) is 3.18. The largest absolute Gasteiger partial charge is 0.493 e. The number of ether oxygens (including phenoxy) is 1. The molecule has 0 aliphatic heterocycles. The van der Waals surface area contributed by atoms with Crippen LogP contribution in [0.5, 0.6) is 5.75 Å². The lowest BCUT2D eigenvalue weighted by molar-refractivity contribution is -0.688. The molecule has 0 saturated heterocycles. The molecule has 0 unspecified atom stereocenters. The summed E-state index contributed by atoms with van der Waals surface area (Å²) in [6.45, 7) is 14.6. The van der Waals surface area contributed by atoms with Crippen LogP contribution in [0.15, 0.2) is 60.9 Å². The zero-order chi connectivity index (χ0) is 31.8. The minimum atomic E-state index is -0.0753. The second-order valence-corrected chi connectivity index (χ2v) is 13.8. The van der Waals surface area contributed by atoms with Gasteiger partial charge in [0.25, 0.3) is 0 Å². The molecule has 1 N–H and O–H groups in total. The van der Waals surface area contributed by atoms with E-state index in [1.807, 2.05) is 24.3 Å². The van der Waals surface area contributed by atoms with Gasteiger partial charge in [-0.15, -0.1) is 0 Å². The Morgan fingerprint density at radius 2 is 1.36 bits per heavy atom. The number of hydrogen-bond donors (Lipinski definition) is 1. The first kappa shape index (κ1) is 35.3. The Balaban J connectivity index is 1.47. The zero-order valence-electron chi connectivity index (χ0n) is 28.6. The molecule has 0 fully saturated rings. The Kier molecular flexibility index (Phi) is 15.0. The van der Waals surface area contributed by atoms with Crippen molar-refractivity contribution >= 4 is 11.6 Å². The fraction of sp³-hybridized carbons (Fsp3) is 0.550. The summed E-state index contributed by atoms with van der Waals surface area (Å²) < 4.78 is 8.48. The van der Waals surface area contributed by atoms with Gasteiger partial charge in [-0.2, -0.15) is 0 Å². The molecule has 0 spiro atoms. The van der Waals surface area contributed by atoms with Gasteiger partial charge in [-0.25, -0.2) is 4.57 Å². The van der Waals surface area contributed by atoms with Gasteiger partial charge in [0.15, 0.2) is 18.9 Å². The van der Waals surface area contributed by atoms with E-state index < -0.39 is 0 Å². The van der Waals surface area contributed by atoms with Gasteiger partial charge in [0, 0.05) is 16.7 Å². The molecule has 240 valence electrons. The van der Waals surface area contributed by atoms with Gasteiger partial charge >= 0.3 is 0 Å². The second-order valence-electron chi connectivity index (χ2n) is 13.8. The molecule has 0 atom stereocenters. The van der Waals surface area contributed by atoms with Crippen LogP contribution in [-0.2, 0) is 23.2 Å². The number of benzene rings is 2. The minimum absolute atomic E-state index is 0.00658. The van der Waals surface area contributed by atoms with Crippen LogP contribution in [0.3, 0.4) is 0 Å². The molecule has 3 rings (SSSR count). The molecule has 0 radical (unpaired) electrons. The summed E-state index contributed by atoms with van der Waals surface area (Å²) in [6.07, 6.45) is 20.7. The molecule has 1 aromatic heterocycles. The Morgan fingerprint density at radius 1 is 0.773 bits per heavy atom. The van der Waals surface area contributed by atoms with Crippen LogP contribution in [0, 0.1) is 13.8 Å². The molecular weight excluding hydrogens is 540 g/mol. The highest BCUT2D eigenvalue weighted by Crippen LogP contribution is 2.33. The molecule has 4 nitrogen and oxygen atoms in total. The number of rotatable bonds is 19. The molecule has 2 aromatic carbocycles. The van der Waals surface area contributed by atoms with Crippen LogP contribution >= 0.6 is 0 Å². The highest BCUT2D eigenvalue weighted by atomic mass is 16.5. The number of unbranched alkanes of at least 4 members (excludes halogenated alkanes) is 11. The maximum Gasteiger partial charge on any atom is 0.228 e. The summed E-state index contributed by atoms with van der Waals surface area (Å²) in [7, 11) is 0. The number of amides is 1. The van der Waals surface area contributed by atoms with Crippen molar-refractivity contribution in [2.24, 2.45) is 0 Å². The fourth-order valence-corrected chi connectivity index (χ4v) is 5.97. The van der Waals surface area contributed by atoms with Gasteiger partial charge < -0.3 is 10.1 Å². The molecule has 1 heterocycles. The average Bonchev–Trinajstić information content (AvgIpc) is 2.96. The monoisotopic (exact) mass is 599 g/mol. The third-order valence-electron chi connectivity index (χ3n) is 8.31. The molecule has 0 bridgehead atoms. The van der Waals surface area contributed by atoms with E-state index in [2.05, 4.69) is 88.1 Å². The molecule has 0 aliphatic carbocycles. The van der Waals surface area contributed by atoms with Crippen molar-refractivity contribution in [3.8, 4) is 5.75 Å². The van der Waals surface area contributed by atoms with Gasteiger partial charge in [-0.3, -0.25) is 4.79 Å². The van der Waals surface area contributed by atoms with Crippen LogP contribution < -0.4 is 14.6 Å². The van der Waals surface area contributed by atoms with E-state index in [4.69, 9.17) is 4.74 Å². The van der Waals surface area contributed by atoms with Gasteiger partial charge in [0.05, 0.1) is 18.7 Å². The Labute approximate surface area is 268 Å². The third kappa shape index (κ3) is 12.8. The van der Waals surface area contributed by atoms with Crippen molar-refractivity contribution in [1.82, 2.24) is 0 Å². The maximum absolute atomic E-state index is 13.2. The Bertz CT molecular complexity index is 1270. The molecule has 0 aliphatic rings. The van der Waals surface area contributed by atoms with Crippen molar-refractivity contribution in [2.75, 3.05) is 11.9 Å². The smallest absolute Gasteiger partial charge is 0.228 e. The van der Waals surface area contributed by atoms with Crippen LogP contribution in [0.4, 0.5) is 5.69 Å². The predicted octanol–water partition coefficient (Wildman–Crippen LogP) is 10.2. The lowest BCUT2D eigenvalue weighted by Crippen LogP contribution is -2.34. The van der Waals surface area contributed by atoms with Gasteiger partial charge in [-0.05, 0) is 55.0 Å². The van der Waals surface area contributed by atoms with E-state index in [-0.39, 0.29) is 11.3 Å². The number of carbonyl (C=O) groups excluding carboxylic acids is 1. The topological polar surface area (TPSA) is 42.2 Å². The van der Waals surface area contributed by atoms with E-state index in [1.165, 1.54) is 81.8 Å². The summed E-state index contributed by atoms with van der Waals surface area (Å²) in [5.41, 5.74) is 6.49. The number of nitrogens with zero attached hydrogens (tertiary/aromatic N) is 1. The summed E-state index contributed by atoms with van der Waals surface area (Å²) >= 11 is 0. The van der Waals surface area contributed by atoms with Crippen molar-refractivity contribution in [1.29, 1.82) is 0 Å². The van der Waals surface area contributed by atoms with Crippen LogP contribution in [-0.4, -0.2) is 12.5 Å². The van der Waals surface area contributed by atoms with Gasteiger partial charge in [0.1, 0.15) is 5.75 Å². The highest BCUT2D eigenvalue weighted by Gasteiger charge is 2.21. The first-order valence-corrected chi connectivity index (χ1v) is 17.3. The highest BCUT2D eigenvalue weighted by molar-refractivity contribution is 5.93. The fourth-order valence-electron chi connectivity index (χ4n) is 5.97. The van der Waals surface area contributed by atoms with E-state index in [1.54, 1.807) is 0 Å². The van der Waals surface area contributed by atoms with E-state index in [0.717, 1.165) is 41.2 Å². The number of hydrogen-bond acceptors (Lipinski definition) is 2. The van der Waals surface area contributed by atoms with Crippen LogP contribution in [0.2, 0.25) is 0 Å². The van der Waals surface area contributed by atoms with Gasteiger partial charge in [0.2, 0.25) is 5.91 Å². The zero-order valence-corrected chi connectivity index (χ0v) is 28.6. The van der Waals surface area contributed by atoms with Crippen LogP contribution in [0.25, 0.3) is 0 Å². The number of aromatic nitrogens is 1. The van der Waals surface area contributed by atoms with Gasteiger partial charge in [-0.1, -0.05) is 129 Å². The number of aryl methyl sites for hydroxylation is 2.